The van der Waals surface area contributed by atoms with Crippen molar-refractivity contribution in [2.24, 2.45) is 0 Å². The van der Waals surface area contributed by atoms with E-state index in [1.54, 1.807) is 29.4 Å². The summed E-state index contributed by atoms with van der Waals surface area (Å²) in [5.41, 5.74) is 1.30. The molecule has 0 radical (unpaired) electrons. The summed E-state index contributed by atoms with van der Waals surface area (Å²) in [6.45, 7) is 2.14. The first kappa shape index (κ1) is 16.3. The van der Waals surface area contributed by atoms with E-state index in [0.29, 0.717) is 31.7 Å². The van der Waals surface area contributed by atoms with Crippen molar-refractivity contribution in [2.75, 3.05) is 26.2 Å². The highest BCUT2D eigenvalue weighted by atomic mass is 16.2. The van der Waals surface area contributed by atoms with Gasteiger partial charge in [-0.1, -0.05) is 36.4 Å². The zero-order valence-corrected chi connectivity index (χ0v) is 14.3. The van der Waals surface area contributed by atoms with Gasteiger partial charge in [-0.05, 0) is 29.0 Å². The Bertz CT molecular complexity index is 942. The van der Waals surface area contributed by atoms with Gasteiger partial charge in [-0.3, -0.25) is 14.6 Å². The van der Waals surface area contributed by atoms with Gasteiger partial charge in [-0.15, -0.1) is 0 Å². The molecule has 1 saturated heterocycles. The number of hydrogen-bond acceptors (Lipinski definition) is 3. The van der Waals surface area contributed by atoms with Crippen LogP contribution in [0.25, 0.3) is 10.8 Å². The summed E-state index contributed by atoms with van der Waals surface area (Å²) >= 11 is 0. The van der Waals surface area contributed by atoms with Crippen molar-refractivity contribution in [3.05, 3.63) is 78.1 Å². The fourth-order valence-electron chi connectivity index (χ4n) is 3.37. The van der Waals surface area contributed by atoms with Gasteiger partial charge in [-0.25, -0.2) is 0 Å². The van der Waals surface area contributed by atoms with E-state index in [9.17, 15) is 9.59 Å². The Hall–Kier alpha value is -3.21. The maximum atomic E-state index is 13.0. The lowest BCUT2D eigenvalue weighted by atomic mass is 10.0. The van der Waals surface area contributed by atoms with Gasteiger partial charge >= 0.3 is 0 Å². The highest BCUT2D eigenvalue weighted by molar-refractivity contribution is 6.07. The minimum absolute atomic E-state index is 0.0234. The zero-order chi connectivity index (χ0) is 17.9. The van der Waals surface area contributed by atoms with Crippen molar-refractivity contribution in [1.29, 1.82) is 0 Å². The second-order valence-electron chi connectivity index (χ2n) is 6.35. The van der Waals surface area contributed by atoms with Gasteiger partial charge in [0.1, 0.15) is 0 Å². The van der Waals surface area contributed by atoms with Crippen LogP contribution < -0.4 is 0 Å². The van der Waals surface area contributed by atoms with Gasteiger partial charge in [0.05, 0.1) is 5.56 Å². The minimum atomic E-state index is -0.0321. The van der Waals surface area contributed by atoms with Crippen LogP contribution in [0.4, 0.5) is 0 Å². The summed E-state index contributed by atoms with van der Waals surface area (Å²) in [5, 5.41) is 2.03. The van der Waals surface area contributed by atoms with Crippen molar-refractivity contribution in [2.45, 2.75) is 0 Å². The maximum Gasteiger partial charge on any atom is 0.255 e. The van der Waals surface area contributed by atoms with Gasteiger partial charge in [0.15, 0.2) is 0 Å². The Morgan fingerprint density at radius 1 is 0.769 bits per heavy atom. The van der Waals surface area contributed by atoms with Crippen LogP contribution in [0.2, 0.25) is 0 Å². The minimum Gasteiger partial charge on any atom is -0.335 e. The quantitative estimate of drug-likeness (QED) is 0.718. The molecule has 0 spiro atoms. The third-order valence-corrected chi connectivity index (χ3v) is 4.78. The first-order valence-electron chi connectivity index (χ1n) is 8.70. The summed E-state index contributed by atoms with van der Waals surface area (Å²) in [4.78, 5) is 33.1. The average molecular weight is 345 g/mol. The third-order valence-electron chi connectivity index (χ3n) is 4.78. The summed E-state index contributed by atoms with van der Waals surface area (Å²) in [6.07, 6.45) is 3.23. The molecule has 3 aromatic rings. The normalized spacial score (nSPS) is 14.5. The predicted molar refractivity (Wildman–Crippen MR) is 100.0 cm³/mol. The van der Waals surface area contributed by atoms with Crippen molar-refractivity contribution in [3.8, 4) is 0 Å². The molecule has 5 heteroatoms. The molecule has 0 unspecified atom stereocenters. The van der Waals surface area contributed by atoms with Crippen LogP contribution in [-0.4, -0.2) is 52.8 Å². The predicted octanol–water partition coefficient (Wildman–Crippen LogP) is 2.83. The number of hydrogen-bond donors (Lipinski definition) is 0. The largest absolute Gasteiger partial charge is 0.335 e. The number of amides is 2. The molecule has 5 nitrogen and oxygen atoms in total. The summed E-state index contributed by atoms with van der Waals surface area (Å²) < 4.78 is 0. The van der Waals surface area contributed by atoms with Gasteiger partial charge < -0.3 is 9.80 Å². The fourth-order valence-corrected chi connectivity index (χ4v) is 3.37. The number of pyridine rings is 1. The first-order valence-corrected chi connectivity index (χ1v) is 8.70. The van der Waals surface area contributed by atoms with Gasteiger partial charge in [0.25, 0.3) is 11.8 Å². The monoisotopic (exact) mass is 345 g/mol. The van der Waals surface area contributed by atoms with Crippen molar-refractivity contribution >= 4 is 22.6 Å². The number of benzene rings is 2. The molecule has 0 aliphatic carbocycles. The van der Waals surface area contributed by atoms with E-state index in [0.717, 1.165) is 16.3 Å². The Kier molecular flexibility index (Phi) is 4.35. The highest BCUT2D eigenvalue weighted by Crippen LogP contribution is 2.21. The Balaban J connectivity index is 1.48. The van der Waals surface area contributed by atoms with Crippen LogP contribution in [0.5, 0.6) is 0 Å². The molecule has 0 saturated carbocycles. The molecule has 1 fully saturated rings. The average Bonchev–Trinajstić information content (AvgIpc) is 2.73. The summed E-state index contributed by atoms with van der Waals surface area (Å²) in [6, 6.07) is 17.2. The Labute approximate surface area is 151 Å². The van der Waals surface area contributed by atoms with E-state index >= 15 is 0 Å². The molecule has 2 aromatic carbocycles. The van der Waals surface area contributed by atoms with E-state index in [4.69, 9.17) is 0 Å². The van der Waals surface area contributed by atoms with Gasteiger partial charge in [0, 0.05) is 44.1 Å². The number of carbonyl (C=O) groups is 2. The molecule has 0 atom stereocenters. The SMILES string of the molecule is O=C(c1cccnc1)N1CCN(C(=O)c2cccc3ccccc23)CC1. The molecule has 0 N–H and O–H groups in total. The third kappa shape index (κ3) is 3.04. The van der Waals surface area contributed by atoms with Crippen molar-refractivity contribution < 1.29 is 9.59 Å². The van der Waals surface area contributed by atoms with E-state index in [-0.39, 0.29) is 11.8 Å². The topological polar surface area (TPSA) is 53.5 Å². The Morgan fingerprint density at radius 2 is 1.46 bits per heavy atom. The Morgan fingerprint density at radius 3 is 2.19 bits per heavy atom. The summed E-state index contributed by atoms with van der Waals surface area (Å²) in [5.74, 6) is -0.00867. The van der Waals surface area contributed by atoms with Crippen molar-refractivity contribution in [1.82, 2.24) is 14.8 Å². The molecule has 26 heavy (non-hydrogen) atoms. The van der Waals surface area contributed by atoms with Crippen LogP contribution >= 0.6 is 0 Å². The zero-order valence-electron chi connectivity index (χ0n) is 14.3. The lowest BCUT2D eigenvalue weighted by Crippen LogP contribution is -2.50. The molecule has 4 rings (SSSR count). The van der Waals surface area contributed by atoms with Crippen LogP contribution in [0, 0.1) is 0 Å². The van der Waals surface area contributed by atoms with E-state index in [1.165, 1.54) is 0 Å². The van der Waals surface area contributed by atoms with E-state index in [2.05, 4.69) is 4.98 Å². The molecular formula is C21H19N3O2. The van der Waals surface area contributed by atoms with Crippen LogP contribution in [0.1, 0.15) is 20.7 Å². The standard InChI is InChI=1S/C21H19N3O2/c25-20(17-7-4-10-22-15-17)23-11-13-24(14-12-23)21(26)19-9-3-6-16-5-1-2-8-18(16)19/h1-10,15H,11-14H2. The van der Waals surface area contributed by atoms with E-state index in [1.807, 2.05) is 47.4 Å². The lowest BCUT2D eigenvalue weighted by Gasteiger charge is -2.35. The van der Waals surface area contributed by atoms with Gasteiger partial charge in [0.2, 0.25) is 0 Å². The molecule has 0 bridgehead atoms. The smallest absolute Gasteiger partial charge is 0.255 e. The number of aromatic nitrogens is 1. The van der Waals surface area contributed by atoms with Gasteiger partial charge in [-0.2, -0.15) is 0 Å². The molecule has 1 aromatic heterocycles. The number of rotatable bonds is 2. The number of fused-ring (bicyclic) bond motifs is 1. The molecule has 1 aliphatic heterocycles. The number of carbonyl (C=O) groups excluding carboxylic acids is 2. The second-order valence-corrected chi connectivity index (χ2v) is 6.35. The molecule has 2 heterocycles. The highest BCUT2D eigenvalue weighted by Gasteiger charge is 2.26. The van der Waals surface area contributed by atoms with E-state index < -0.39 is 0 Å². The fraction of sp³-hybridized carbons (Fsp3) is 0.190. The lowest BCUT2D eigenvalue weighted by molar-refractivity contribution is 0.0536. The second kappa shape index (κ2) is 6.96. The van der Waals surface area contributed by atoms with Crippen LogP contribution in [-0.2, 0) is 0 Å². The first-order chi connectivity index (χ1) is 12.7. The molecule has 1 aliphatic rings. The van der Waals surface area contributed by atoms with Crippen LogP contribution in [0.3, 0.4) is 0 Å². The number of nitrogens with zero attached hydrogens (tertiary/aromatic N) is 3. The van der Waals surface area contributed by atoms with Crippen LogP contribution in [0.15, 0.2) is 67.0 Å². The molecular weight excluding hydrogens is 326 g/mol. The molecule has 130 valence electrons. The molecule has 2 amide bonds. The summed E-state index contributed by atoms with van der Waals surface area (Å²) in [7, 11) is 0. The van der Waals surface area contributed by atoms with Crippen molar-refractivity contribution in [3.63, 3.8) is 0 Å². The maximum absolute atomic E-state index is 13.0. The number of piperazine rings is 1.